The monoisotopic (exact) mass is 167 g/mol. The molecule has 0 aromatic carbocycles. The van der Waals surface area contributed by atoms with Crippen LogP contribution < -0.4 is 0 Å². The lowest BCUT2D eigenvalue weighted by Gasteiger charge is -2.23. The topological polar surface area (TPSA) is 3.24 Å². The van der Waals surface area contributed by atoms with E-state index >= 15 is 0 Å². The lowest BCUT2D eigenvalue weighted by molar-refractivity contribution is 0.225. The standard InChI is InChI=1S/C11H21N/c1-8-6-12(7-9(8)2)10(3)11-4-5-11/h8-11H,4-7H2,1-3H3. The lowest BCUT2D eigenvalue weighted by Crippen LogP contribution is -2.32. The van der Waals surface area contributed by atoms with Gasteiger partial charge in [-0.25, -0.2) is 0 Å². The van der Waals surface area contributed by atoms with Crippen LogP contribution in [0.15, 0.2) is 0 Å². The van der Waals surface area contributed by atoms with E-state index in [4.69, 9.17) is 0 Å². The predicted octanol–water partition coefficient (Wildman–Crippen LogP) is 2.37. The van der Waals surface area contributed by atoms with Gasteiger partial charge in [0.1, 0.15) is 0 Å². The van der Waals surface area contributed by atoms with Crippen molar-refractivity contribution in [3.8, 4) is 0 Å². The van der Waals surface area contributed by atoms with Gasteiger partial charge < -0.3 is 0 Å². The summed E-state index contributed by atoms with van der Waals surface area (Å²) < 4.78 is 0. The Kier molecular flexibility index (Phi) is 2.16. The predicted molar refractivity (Wildman–Crippen MR) is 52.1 cm³/mol. The molecule has 0 spiro atoms. The number of rotatable bonds is 2. The van der Waals surface area contributed by atoms with Crippen LogP contribution in [-0.4, -0.2) is 24.0 Å². The molecule has 70 valence electrons. The fourth-order valence-electron chi connectivity index (χ4n) is 2.38. The van der Waals surface area contributed by atoms with Gasteiger partial charge in [-0.2, -0.15) is 0 Å². The molecular weight excluding hydrogens is 146 g/mol. The molecule has 2 aliphatic rings. The van der Waals surface area contributed by atoms with E-state index < -0.39 is 0 Å². The van der Waals surface area contributed by atoms with Crippen molar-refractivity contribution in [3.63, 3.8) is 0 Å². The summed E-state index contributed by atoms with van der Waals surface area (Å²) in [7, 11) is 0. The Morgan fingerprint density at radius 3 is 2.00 bits per heavy atom. The average molecular weight is 167 g/mol. The molecule has 0 aromatic heterocycles. The first-order valence-electron chi connectivity index (χ1n) is 5.42. The van der Waals surface area contributed by atoms with Crippen molar-refractivity contribution in [2.75, 3.05) is 13.1 Å². The summed E-state index contributed by atoms with van der Waals surface area (Å²) in [6.07, 6.45) is 2.97. The van der Waals surface area contributed by atoms with Crippen LogP contribution in [0.3, 0.4) is 0 Å². The minimum Gasteiger partial charge on any atom is -0.300 e. The highest BCUT2D eigenvalue weighted by atomic mass is 15.2. The van der Waals surface area contributed by atoms with Crippen LogP contribution in [-0.2, 0) is 0 Å². The zero-order valence-corrected chi connectivity index (χ0v) is 8.59. The molecule has 1 heteroatoms. The van der Waals surface area contributed by atoms with Crippen LogP contribution in [0.1, 0.15) is 33.6 Å². The van der Waals surface area contributed by atoms with E-state index in [1.165, 1.54) is 25.9 Å². The molecule has 12 heavy (non-hydrogen) atoms. The minimum absolute atomic E-state index is 0.873. The Morgan fingerprint density at radius 1 is 1.08 bits per heavy atom. The molecule has 0 bridgehead atoms. The second-order valence-corrected chi connectivity index (χ2v) is 4.99. The van der Waals surface area contributed by atoms with Gasteiger partial charge in [0.05, 0.1) is 0 Å². The SMILES string of the molecule is CC1CN(C(C)C2CC2)CC1C. The maximum Gasteiger partial charge on any atom is 0.00954 e. The largest absolute Gasteiger partial charge is 0.300 e. The highest BCUT2D eigenvalue weighted by Crippen LogP contribution is 2.37. The number of likely N-dealkylation sites (tertiary alicyclic amines) is 1. The Morgan fingerprint density at radius 2 is 1.58 bits per heavy atom. The summed E-state index contributed by atoms with van der Waals surface area (Å²) in [5.74, 6) is 2.89. The number of hydrogen-bond acceptors (Lipinski definition) is 1. The van der Waals surface area contributed by atoms with E-state index in [2.05, 4.69) is 25.7 Å². The van der Waals surface area contributed by atoms with E-state index in [9.17, 15) is 0 Å². The summed E-state index contributed by atoms with van der Waals surface area (Å²) in [6.45, 7) is 9.90. The van der Waals surface area contributed by atoms with Gasteiger partial charge in [-0.05, 0) is 37.5 Å². The molecule has 0 radical (unpaired) electrons. The molecule has 2 fully saturated rings. The summed E-state index contributed by atoms with van der Waals surface area (Å²) >= 11 is 0. The number of hydrogen-bond donors (Lipinski definition) is 0. The van der Waals surface area contributed by atoms with Gasteiger partial charge in [-0.15, -0.1) is 0 Å². The second-order valence-electron chi connectivity index (χ2n) is 4.99. The van der Waals surface area contributed by atoms with Crippen molar-refractivity contribution in [2.24, 2.45) is 17.8 Å². The first-order chi connectivity index (χ1) is 5.68. The summed E-state index contributed by atoms with van der Waals surface area (Å²) in [4.78, 5) is 2.70. The minimum atomic E-state index is 0.873. The molecule has 1 aliphatic heterocycles. The van der Waals surface area contributed by atoms with Crippen molar-refractivity contribution in [1.29, 1.82) is 0 Å². The third-order valence-electron chi connectivity index (χ3n) is 3.90. The van der Waals surface area contributed by atoms with Crippen molar-refractivity contribution >= 4 is 0 Å². The summed E-state index contributed by atoms with van der Waals surface area (Å²) in [6, 6.07) is 0.873. The lowest BCUT2D eigenvalue weighted by atomic mass is 10.0. The first kappa shape index (κ1) is 8.55. The Labute approximate surface area is 76.1 Å². The van der Waals surface area contributed by atoms with Crippen LogP contribution in [0.4, 0.5) is 0 Å². The van der Waals surface area contributed by atoms with Crippen LogP contribution in [0, 0.1) is 17.8 Å². The van der Waals surface area contributed by atoms with Crippen molar-refractivity contribution in [2.45, 2.75) is 39.7 Å². The van der Waals surface area contributed by atoms with E-state index in [-0.39, 0.29) is 0 Å². The van der Waals surface area contributed by atoms with Crippen molar-refractivity contribution < 1.29 is 0 Å². The molecular formula is C11H21N. The van der Waals surface area contributed by atoms with Gasteiger partial charge in [0, 0.05) is 19.1 Å². The zero-order valence-electron chi connectivity index (χ0n) is 8.59. The molecule has 1 saturated carbocycles. The van der Waals surface area contributed by atoms with E-state index in [1.807, 2.05) is 0 Å². The molecule has 0 aromatic rings. The van der Waals surface area contributed by atoms with Gasteiger partial charge in [-0.3, -0.25) is 4.90 Å². The molecule has 1 saturated heterocycles. The van der Waals surface area contributed by atoms with Gasteiger partial charge in [0.25, 0.3) is 0 Å². The molecule has 3 unspecified atom stereocenters. The van der Waals surface area contributed by atoms with E-state index in [0.29, 0.717) is 0 Å². The first-order valence-corrected chi connectivity index (χ1v) is 5.42. The van der Waals surface area contributed by atoms with E-state index in [1.54, 1.807) is 0 Å². The second kappa shape index (κ2) is 3.02. The molecule has 3 atom stereocenters. The van der Waals surface area contributed by atoms with Gasteiger partial charge in [0.15, 0.2) is 0 Å². The highest BCUT2D eigenvalue weighted by molar-refractivity contribution is 4.89. The van der Waals surface area contributed by atoms with Crippen molar-refractivity contribution in [1.82, 2.24) is 4.90 Å². The molecule has 2 rings (SSSR count). The van der Waals surface area contributed by atoms with Gasteiger partial charge >= 0.3 is 0 Å². The molecule has 0 N–H and O–H groups in total. The summed E-state index contributed by atoms with van der Waals surface area (Å²) in [5, 5.41) is 0. The number of nitrogens with zero attached hydrogens (tertiary/aromatic N) is 1. The summed E-state index contributed by atoms with van der Waals surface area (Å²) in [5.41, 5.74) is 0. The van der Waals surface area contributed by atoms with Crippen molar-refractivity contribution in [3.05, 3.63) is 0 Å². The third-order valence-corrected chi connectivity index (χ3v) is 3.90. The zero-order chi connectivity index (χ0) is 8.72. The normalized spacial score (nSPS) is 40.2. The maximum atomic E-state index is 2.70. The van der Waals surface area contributed by atoms with Gasteiger partial charge in [-0.1, -0.05) is 13.8 Å². The Balaban J connectivity index is 1.88. The Bertz CT molecular complexity index is 152. The fourth-order valence-corrected chi connectivity index (χ4v) is 2.38. The average Bonchev–Trinajstić information content (AvgIpc) is 2.80. The smallest absolute Gasteiger partial charge is 0.00954 e. The van der Waals surface area contributed by atoms with Crippen LogP contribution >= 0.6 is 0 Å². The fraction of sp³-hybridized carbons (Fsp3) is 1.00. The van der Waals surface area contributed by atoms with E-state index in [0.717, 1.165) is 23.8 Å². The van der Waals surface area contributed by atoms with Crippen LogP contribution in [0.5, 0.6) is 0 Å². The van der Waals surface area contributed by atoms with Crippen LogP contribution in [0.2, 0.25) is 0 Å². The highest BCUT2D eigenvalue weighted by Gasteiger charge is 2.36. The van der Waals surface area contributed by atoms with Gasteiger partial charge in [0.2, 0.25) is 0 Å². The van der Waals surface area contributed by atoms with Crippen LogP contribution in [0.25, 0.3) is 0 Å². The molecule has 0 amide bonds. The third kappa shape index (κ3) is 1.52. The molecule has 1 heterocycles. The Hall–Kier alpha value is -0.0400. The maximum absolute atomic E-state index is 2.70. The molecule has 1 nitrogen and oxygen atoms in total. The quantitative estimate of drug-likeness (QED) is 0.610. The molecule has 1 aliphatic carbocycles.